The summed E-state index contributed by atoms with van der Waals surface area (Å²) in [5.41, 5.74) is 0.629. The van der Waals surface area contributed by atoms with Gasteiger partial charge in [-0.25, -0.2) is 4.98 Å². The maximum atomic E-state index is 11.9. The van der Waals surface area contributed by atoms with Crippen molar-refractivity contribution in [3.8, 4) is 5.75 Å². The molecule has 1 aromatic heterocycles. The van der Waals surface area contributed by atoms with Crippen molar-refractivity contribution in [3.05, 3.63) is 41.4 Å². The first-order valence-corrected chi connectivity index (χ1v) is 10.6. The molecular weight excluding hydrogens is 370 g/mol. The Kier molecular flexibility index (Phi) is 7.07. The molecule has 1 aromatic carbocycles. The van der Waals surface area contributed by atoms with Crippen molar-refractivity contribution in [3.63, 3.8) is 0 Å². The van der Waals surface area contributed by atoms with Crippen LogP contribution in [0, 0.1) is 0 Å². The summed E-state index contributed by atoms with van der Waals surface area (Å²) in [7, 11) is -3.64. The topological polar surface area (TPSA) is 82.6 Å². The van der Waals surface area contributed by atoms with E-state index in [0.717, 1.165) is 0 Å². The Morgan fingerprint density at radius 1 is 1.29 bits per heavy atom. The maximum absolute atomic E-state index is 11.9. The number of benzene rings is 1. The van der Waals surface area contributed by atoms with E-state index in [1.54, 1.807) is 42.6 Å². The number of carbonyl (C=O) groups is 1. The van der Waals surface area contributed by atoms with E-state index in [4.69, 9.17) is 8.92 Å². The molecule has 0 atom stereocenters. The molecule has 0 aliphatic heterocycles. The Hall–Kier alpha value is -1.58. The van der Waals surface area contributed by atoms with Crippen molar-refractivity contribution in [1.82, 2.24) is 4.98 Å². The fourth-order valence-corrected chi connectivity index (χ4v) is 4.89. The van der Waals surface area contributed by atoms with Crippen LogP contribution < -0.4 is 4.18 Å². The van der Waals surface area contributed by atoms with Crippen LogP contribution in [0.15, 0.2) is 40.1 Å². The van der Waals surface area contributed by atoms with Gasteiger partial charge in [0.2, 0.25) is 0 Å². The van der Waals surface area contributed by atoms with Crippen molar-refractivity contribution >= 4 is 39.2 Å². The van der Waals surface area contributed by atoms with Crippen LogP contribution >= 0.6 is 23.1 Å². The minimum atomic E-state index is -3.64. The summed E-state index contributed by atoms with van der Waals surface area (Å²) in [4.78, 5) is 15.7. The predicted octanol–water partition coefficient (Wildman–Crippen LogP) is 2.75. The number of thiazole rings is 1. The van der Waals surface area contributed by atoms with Crippen LogP contribution in [0.4, 0.5) is 0 Å². The molecule has 0 radical (unpaired) electrons. The van der Waals surface area contributed by atoms with Crippen molar-refractivity contribution in [2.24, 2.45) is 0 Å². The molecule has 0 N–H and O–H groups in total. The Labute approximate surface area is 149 Å². The summed E-state index contributed by atoms with van der Waals surface area (Å²) in [5, 5.41) is 1.77. The first-order chi connectivity index (χ1) is 11.5. The quantitative estimate of drug-likeness (QED) is 0.372. The van der Waals surface area contributed by atoms with Gasteiger partial charge in [0.25, 0.3) is 0 Å². The highest BCUT2D eigenvalue weighted by Crippen LogP contribution is 2.23. The number of nitrogens with zero attached hydrogens (tertiary/aromatic N) is 1. The average Bonchev–Trinajstić information content (AvgIpc) is 2.95. The van der Waals surface area contributed by atoms with Crippen LogP contribution in [0.2, 0.25) is 0 Å². The van der Waals surface area contributed by atoms with Gasteiger partial charge in [0.05, 0.1) is 24.5 Å². The van der Waals surface area contributed by atoms with Gasteiger partial charge in [-0.1, -0.05) is 30.0 Å². The Morgan fingerprint density at radius 3 is 2.75 bits per heavy atom. The molecule has 24 heavy (non-hydrogen) atoms. The third-order valence-corrected chi connectivity index (χ3v) is 6.17. The zero-order valence-electron chi connectivity index (χ0n) is 13.0. The lowest BCUT2D eigenvalue weighted by Crippen LogP contribution is -2.15. The van der Waals surface area contributed by atoms with E-state index in [1.165, 1.54) is 23.1 Å². The van der Waals surface area contributed by atoms with E-state index in [1.807, 2.05) is 0 Å². The number of ether oxygens (including phenoxy) is 1. The number of rotatable bonds is 9. The molecule has 0 bridgehead atoms. The second-order valence-electron chi connectivity index (χ2n) is 4.59. The van der Waals surface area contributed by atoms with Crippen molar-refractivity contribution in [1.29, 1.82) is 0 Å². The monoisotopic (exact) mass is 387 g/mol. The summed E-state index contributed by atoms with van der Waals surface area (Å²) in [6.07, 6.45) is 0.125. The minimum Gasteiger partial charge on any atom is -0.466 e. The smallest absolute Gasteiger partial charge is 0.311 e. The van der Waals surface area contributed by atoms with E-state index < -0.39 is 10.1 Å². The van der Waals surface area contributed by atoms with Gasteiger partial charge in [0.1, 0.15) is 10.1 Å². The van der Waals surface area contributed by atoms with E-state index in [9.17, 15) is 13.2 Å². The first-order valence-electron chi connectivity index (χ1n) is 7.18. The number of hydrogen-bond donors (Lipinski definition) is 0. The van der Waals surface area contributed by atoms with Gasteiger partial charge in [0.15, 0.2) is 0 Å². The third kappa shape index (κ3) is 6.50. The van der Waals surface area contributed by atoms with Crippen LogP contribution in [-0.2, 0) is 26.1 Å². The first kappa shape index (κ1) is 18.8. The molecule has 0 aliphatic rings. The zero-order valence-corrected chi connectivity index (χ0v) is 15.5. The third-order valence-electron chi connectivity index (χ3n) is 2.69. The molecular formula is C15H17NO5S3. The van der Waals surface area contributed by atoms with Crippen LogP contribution in [0.25, 0.3) is 0 Å². The van der Waals surface area contributed by atoms with E-state index >= 15 is 0 Å². The molecule has 2 aromatic rings. The number of thioether (sulfide) groups is 1. The fourth-order valence-electron chi connectivity index (χ4n) is 1.69. The lowest BCUT2D eigenvalue weighted by molar-refractivity contribution is -0.142. The van der Waals surface area contributed by atoms with E-state index in [0.29, 0.717) is 28.1 Å². The molecule has 0 fully saturated rings. The molecule has 1 heterocycles. The second-order valence-corrected chi connectivity index (χ2v) is 8.48. The number of para-hydroxylation sites is 1. The molecule has 6 nitrogen and oxygen atoms in total. The van der Waals surface area contributed by atoms with Gasteiger partial charge in [-0.3, -0.25) is 4.79 Å². The normalized spacial score (nSPS) is 11.2. The standard InChI is InChI=1S/C15H17NO5S3/c1-2-20-14(17)10-12-11-23-15(16-12)22-8-9-24(18,19)21-13-6-4-3-5-7-13/h3-7,11H,2,8-10H2,1H3. The predicted molar refractivity (Wildman–Crippen MR) is 94.0 cm³/mol. The summed E-state index contributed by atoms with van der Waals surface area (Å²) < 4.78 is 34.4. The summed E-state index contributed by atoms with van der Waals surface area (Å²) in [6, 6.07) is 8.38. The van der Waals surface area contributed by atoms with E-state index in [2.05, 4.69) is 4.98 Å². The lowest BCUT2D eigenvalue weighted by atomic mass is 10.3. The fraction of sp³-hybridized carbons (Fsp3) is 0.333. The van der Waals surface area contributed by atoms with Crippen LogP contribution in [-0.4, -0.2) is 37.5 Å². The van der Waals surface area contributed by atoms with Gasteiger partial charge in [-0.2, -0.15) is 8.42 Å². The summed E-state index contributed by atoms with van der Waals surface area (Å²) >= 11 is 2.69. The Balaban J connectivity index is 1.79. The summed E-state index contributed by atoms with van der Waals surface area (Å²) in [5.74, 6) is 0.174. The number of esters is 1. The summed E-state index contributed by atoms with van der Waals surface area (Å²) in [6.45, 7) is 2.09. The highest BCUT2D eigenvalue weighted by atomic mass is 32.2. The molecule has 0 amide bonds. The number of hydrogen-bond acceptors (Lipinski definition) is 8. The largest absolute Gasteiger partial charge is 0.466 e. The van der Waals surface area contributed by atoms with Gasteiger partial charge < -0.3 is 8.92 Å². The van der Waals surface area contributed by atoms with Crippen LogP contribution in [0.5, 0.6) is 5.75 Å². The minimum absolute atomic E-state index is 0.125. The maximum Gasteiger partial charge on any atom is 0.311 e. The molecule has 0 unspecified atom stereocenters. The molecule has 2 rings (SSSR count). The molecule has 0 spiro atoms. The van der Waals surface area contributed by atoms with Gasteiger partial charge in [-0.15, -0.1) is 11.3 Å². The average molecular weight is 388 g/mol. The molecule has 0 saturated carbocycles. The Bertz CT molecular complexity index is 758. The van der Waals surface area contributed by atoms with Gasteiger partial charge in [0, 0.05) is 11.1 Å². The zero-order chi connectivity index (χ0) is 17.4. The van der Waals surface area contributed by atoms with Crippen LogP contribution in [0.3, 0.4) is 0 Å². The molecule has 0 aliphatic carbocycles. The molecule has 0 saturated heterocycles. The highest BCUT2D eigenvalue weighted by Gasteiger charge is 2.14. The lowest BCUT2D eigenvalue weighted by Gasteiger charge is -2.05. The van der Waals surface area contributed by atoms with Crippen molar-refractivity contribution in [2.75, 3.05) is 18.1 Å². The highest BCUT2D eigenvalue weighted by molar-refractivity contribution is 8.01. The van der Waals surface area contributed by atoms with Crippen molar-refractivity contribution in [2.45, 2.75) is 17.7 Å². The molecule has 9 heteroatoms. The van der Waals surface area contributed by atoms with Gasteiger partial charge in [-0.05, 0) is 19.1 Å². The van der Waals surface area contributed by atoms with E-state index in [-0.39, 0.29) is 18.1 Å². The number of aromatic nitrogens is 1. The second kappa shape index (κ2) is 9.05. The van der Waals surface area contributed by atoms with Crippen LogP contribution in [0.1, 0.15) is 12.6 Å². The number of carbonyl (C=O) groups excluding carboxylic acids is 1. The van der Waals surface area contributed by atoms with Gasteiger partial charge >= 0.3 is 16.1 Å². The molecule has 130 valence electrons. The SMILES string of the molecule is CCOC(=O)Cc1csc(SCCS(=O)(=O)Oc2ccccc2)n1. The Morgan fingerprint density at radius 2 is 2.04 bits per heavy atom. The van der Waals surface area contributed by atoms with Crippen molar-refractivity contribution < 1.29 is 22.1 Å².